The third-order valence-corrected chi connectivity index (χ3v) is 37.5. The van der Waals surface area contributed by atoms with Crippen molar-refractivity contribution < 1.29 is 10.2 Å². The van der Waals surface area contributed by atoms with Gasteiger partial charge in [0.2, 0.25) is 0 Å². The molecule has 4 nitrogen and oxygen atoms in total. The SMILES string of the molecule is Nc1cc(C2(c3ccc(O)c(N)c3)C3CC4CC(C3)CC2(C23CC5CC(CC(C5)C2C25CC6CC(CC(C6)C2C26CC7CC(CC(C7)C2C27CC8CC(CC(C8)C2C28CC9CC(CC(C9)C2C29CC%10CC(CC(C%10)C2)C9)C8)C7)C6)C5)C3)C4)ccc1O. The normalized spacial score (nSPS) is 61.3. The highest BCUT2D eigenvalue weighted by molar-refractivity contribution is 5.62. The van der Waals surface area contributed by atoms with Crippen molar-refractivity contribution in [1.82, 2.24) is 0 Å². The molecule has 2 aromatic rings. The van der Waals surface area contributed by atoms with Crippen molar-refractivity contribution in [3.05, 3.63) is 47.5 Å². The predicted molar refractivity (Wildman–Crippen MR) is 340 cm³/mol. The molecular weight excluding hydrogens is 1040 g/mol. The van der Waals surface area contributed by atoms with E-state index in [0.717, 1.165) is 148 Å². The molecule has 30 rings (SSSR count). The summed E-state index contributed by atoms with van der Waals surface area (Å²) in [4.78, 5) is 0. The summed E-state index contributed by atoms with van der Waals surface area (Å²) >= 11 is 0. The van der Waals surface area contributed by atoms with Gasteiger partial charge in [-0.2, -0.15) is 0 Å². The van der Waals surface area contributed by atoms with E-state index >= 15 is 0 Å². The van der Waals surface area contributed by atoms with Gasteiger partial charge in [0.15, 0.2) is 0 Å². The number of benzene rings is 2. The lowest BCUT2D eigenvalue weighted by atomic mass is 9.20. The molecule has 0 radical (unpaired) electrons. The van der Waals surface area contributed by atoms with Crippen LogP contribution < -0.4 is 11.5 Å². The minimum atomic E-state index is -0.257. The Labute approximate surface area is 517 Å². The van der Waals surface area contributed by atoms with Gasteiger partial charge >= 0.3 is 0 Å². The average molecular weight is 1160 g/mol. The zero-order valence-corrected chi connectivity index (χ0v) is 53.0. The lowest BCUT2D eigenvalue weighted by Crippen LogP contribution is -2.78. The van der Waals surface area contributed by atoms with Gasteiger partial charge in [-0.25, -0.2) is 0 Å². The number of nitrogens with two attached hydrogens (primary N) is 2. The quantitative estimate of drug-likeness (QED) is 0.157. The summed E-state index contributed by atoms with van der Waals surface area (Å²) in [6, 6.07) is 13.5. The molecule has 17 unspecified atom stereocenters. The van der Waals surface area contributed by atoms with E-state index in [4.69, 9.17) is 11.5 Å². The Morgan fingerprint density at radius 3 is 0.919 bits per heavy atom. The lowest BCUT2D eigenvalue weighted by Gasteiger charge is -2.84. The van der Waals surface area contributed by atoms with Gasteiger partial charge in [-0.15, -0.1) is 0 Å². The topological polar surface area (TPSA) is 92.5 Å². The molecule has 0 aromatic heterocycles. The molecule has 28 bridgehead atoms. The molecule has 0 spiro atoms. The van der Waals surface area contributed by atoms with Gasteiger partial charge in [0.1, 0.15) is 11.5 Å². The summed E-state index contributed by atoms with van der Waals surface area (Å²) in [7, 11) is 0. The Morgan fingerprint density at radius 1 is 0.291 bits per heavy atom. The molecule has 17 atom stereocenters. The van der Waals surface area contributed by atoms with Gasteiger partial charge in [-0.05, 0) is 458 Å². The second kappa shape index (κ2) is 16.3. The first-order chi connectivity index (χ1) is 41.7. The molecule has 4 heteroatoms. The zero-order valence-electron chi connectivity index (χ0n) is 53.0. The fourth-order valence-corrected chi connectivity index (χ4v) is 40.4. The van der Waals surface area contributed by atoms with Crippen LogP contribution in [0.3, 0.4) is 0 Å². The number of nitrogen functional groups attached to an aromatic ring is 2. The Kier molecular flexibility index (Phi) is 9.72. The Morgan fingerprint density at radius 2 is 0.570 bits per heavy atom. The number of anilines is 2. The summed E-state index contributed by atoms with van der Waals surface area (Å²) in [6.45, 7) is 0. The minimum absolute atomic E-state index is 0.0901. The van der Waals surface area contributed by atoms with Crippen LogP contribution >= 0.6 is 0 Å². The molecule has 460 valence electrons. The second-order valence-electron chi connectivity index (χ2n) is 40.8. The summed E-state index contributed by atoms with van der Waals surface area (Å²) in [5.41, 5.74) is 21.2. The summed E-state index contributed by atoms with van der Waals surface area (Å²) in [5, 5.41) is 23.0. The van der Waals surface area contributed by atoms with E-state index in [2.05, 4.69) is 24.3 Å². The van der Waals surface area contributed by atoms with Crippen LogP contribution in [0.15, 0.2) is 36.4 Å². The molecule has 86 heavy (non-hydrogen) atoms. The number of hydrogen-bond donors (Lipinski definition) is 4. The molecule has 0 saturated heterocycles. The second-order valence-corrected chi connectivity index (χ2v) is 40.8. The van der Waals surface area contributed by atoms with E-state index < -0.39 is 0 Å². The highest BCUT2D eigenvalue weighted by atomic mass is 16.3. The van der Waals surface area contributed by atoms with Crippen LogP contribution in [-0.4, -0.2) is 10.2 Å². The van der Waals surface area contributed by atoms with Gasteiger partial charge in [0.05, 0.1) is 11.4 Å². The van der Waals surface area contributed by atoms with Gasteiger partial charge in [-0.1, -0.05) is 12.1 Å². The zero-order chi connectivity index (χ0) is 56.2. The summed E-state index contributed by atoms with van der Waals surface area (Å²) < 4.78 is 0. The van der Waals surface area contributed by atoms with Crippen LogP contribution in [0.1, 0.15) is 242 Å². The van der Waals surface area contributed by atoms with Crippen molar-refractivity contribution in [2.75, 3.05) is 11.5 Å². The predicted octanol–water partition coefficient (Wildman–Crippen LogP) is 18.8. The number of hydrogen-bond acceptors (Lipinski definition) is 4. The minimum Gasteiger partial charge on any atom is -0.506 e. The number of aromatic hydroxyl groups is 2. The fraction of sp³-hybridized carbons (Fsp3) is 0.854. The molecule has 28 fully saturated rings. The van der Waals surface area contributed by atoms with Crippen LogP contribution in [0, 0.1) is 192 Å². The molecule has 6 N–H and O–H groups in total. The van der Waals surface area contributed by atoms with Gasteiger partial charge in [0, 0.05) is 5.41 Å². The van der Waals surface area contributed by atoms with Crippen molar-refractivity contribution in [2.45, 2.75) is 237 Å². The smallest absolute Gasteiger partial charge is 0.138 e. The molecular formula is C82H110N2O2. The van der Waals surface area contributed by atoms with Gasteiger partial charge < -0.3 is 21.7 Å². The fourth-order valence-electron chi connectivity index (χ4n) is 40.4. The van der Waals surface area contributed by atoms with Crippen LogP contribution in [0.4, 0.5) is 11.4 Å². The standard InChI is InChI=1S/C82H110N2O2/c83-66-26-63(1-3-68(66)85)82(64-2-4-69(86)67(84)27-64)65-24-56-13-57(25-65)42-81(82,41-56)80-39-54-12-55(40-80)23-62(22-54)74(80)79-37-52-11-53(38-79)21-61(20-52)73(79)78-35-50-10-51(36-78)19-60(18-50)72(78)77-33-48-9-49(34-77)17-59(16-48)71(77)76-31-46-8-47(32-76)15-58(14-46)70(76)75-28-43-5-44(29-75)7-45(6-43)30-75/h1-4,26-27,43-62,65,70-74,85-86H,5-25,28-42,83-84H2. The molecule has 28 saturated carbocycles. The molecule has 0 heterocycles. The van der Waals surface area contributed by atoms with E-state index in [1.165, 1.54) is 62.5 Å². The monoisotopic (exact) mass is 1150 g/mol. The molecule has 28 aliphatic carbocycles. The maximum Gasteiger partial charge on any atom is 0.138 e. The number of rotatable bonds is 8. The first-order valence-corrected chi connectivity index (χ1v) is 38.9. The van der Waals surface area contributed by atoms with Crippen molar-refractivity contribution in [3.63, 3.8) is 0 Å². The molecule has 0 aliphatic heterocycles. The van der Waals surface area contributed by atoms with Crippen LogP contribution in [0.25, 0.3) is 0 Å². The van der Waals surface area contributed by atoms with E-state index in [1.807, 2.05) is 12.1 Å². The Balaban J connectivity index is 0.746. The van der Waals surface area contributed by atoms with Crippen LogP contribution in [0.5, 0.6) is 11.5 Å². The largest absolute Gasteiger partial charge is 0.506 e. The van der Waals surface area contributed by atoms with Gasteiger partial charge in [0.25, 0.3) is 0 Å². The Hall–Kier alpha value is -2.36. The van der Waals surface area contributed by atoms with Crippen molar-refractivity contribution in [1.29, 1.82) is 0 Å². The average Bonchev–Trinajstić information content (AvgIpc) is 0.645. The van der Waals surface area contributed by atoms with E-state index in [0.29, 0.717) is 44.4 Å². The molecule has 0 amide bonds. The number of phenols is 2. The number of phenolic OH excluding ortho intramolecular Hbond substituents is 2. The highest BCUT2D eigenvalue weighted by Gasteiger charge is 2.84. The third-order valence-electron chi connectivity index (χ3n) is 37.5. The van der Waals surface area contributed by atoms with Crippen molar-refractivity contribution >= 4 is 11.4 Å². The lowest BCUT2D eigenvalue weighted by molar-refractivity contribution is -0.347. The van der Waals surface area contributed by atoms with Crippen molar-refractivity contribution in [2.24, 2.45) is 192 Å². The first kappa shape index (κ1) is 51.2. The maximum absolute atomic E-state index is 11.5. The summed E-state index contributed by atoms with van der Waals surface area (Å²) in [6.07, 6.45) is 57.3. The Bertz CT molecular complexity index is 3070. The van der Waals surface area contributed by atoms with E-state index in [-0.39, 0.29) is 27.7 Å². The third kappa shape index (κ3) is 5.95. The highest BCUT2D eigenvalue weighted by Crippen LogP contribution is 2.91. The van der Waals surface area contributed by atoms with E-state index in [9.17, 15) is 10.2 Å². The molecule has 28 aliphatic rings. The first-order valence-electron chi connectivity index (χ1n) is 38.9. The van der Waals surface area contributed by atoms with Crippen molar-refractivity contribution in [3.8, 4) is 11.5 Å². The van der Waals surface area contributed by atoms with E-state index in [1.54, 1.807) is 180 Å². The molecule has 2 aromatic carbocycles. The summed E-state index contributed by atoms with van der Waals surface area (Å²) in [5.74, 6) is 25.7. The van der Waals surface area contributed by atoms with Gasteiger partial charge in [-0.3, -0.25) is 0 Å². The van der Waals surface area contributed by atoms with Crippen LogP contribution in [0.2, 0.25) is 0 Å². The maximum atomic E-state index is 11.5. The van der Waals surface area contributed by atoms with Crippen LogP contribution in [-0.2, 0) is 5.41 Å².